The Balaban J connectivity index is 1.68. The smallest absolute Gasteiger partial charge is 0.290 e. The molecule has 3 aromatic rings. The number of anilines is 1. The van der Waals surface area contributed by atoms with Gasteiger partial charge in [-0.05, 0) is 37.3 Å². The van der Waals surface area contributed by atoms with Crippen LogP contribution >= 0.6 is 0 Å². The number of aryl methyl sites for hydroxylation is 1. The molecular weight excluding hydrogens is 404 g/mol. The van der Waals surface area contributed by atoms with Gasteiger partial charge in [0.05, 0.1) is 23.5 Å². The fourth-order valence-corrected chi connectivity index (χ4v) is 4.23. The van der Waals surface area contributed by atoms with E-state index in [1.165, 1.54) is 36.4 Å². The summed E-state index contributed by atoms with van der Waals surface area (Å²) in [5, 5.41) is 2.72. The van der Waals surface area contributed by atoms with E-state index >= 15 is 0 Å². The lowest BCUT2D eigenvalue weighted by molar-refractivity contribution is -0.116. The van der Waals surface area contributed by atoms with Gasteiger partial charge in [-0.25, -0.2) is 8.42 Å². The number of carbonyl (C=O) groups excluding carboxylic acids is 2. The zero-order valence-corrected chi connectivity index (χ0v) is 17.5. The van der Waals surface area contributed by atoms with Gasteiger partial charge < -0.3 is 14.6 Å². The largest absolute Gasteiger partial charge is 0.459 e. The molecular formula is C22H22N2O5S. The molecule has 3 rings (SSSR count). The summed E-state index contributed by atoms with van der Waals surface area (Å²) in [5.41, 5.74) is 1.94. The normalized spacial score (nSPS) is 11.1. The van der Waals surface area contributed by atoms with Gasteiger partial charge in [-0.1, -0.05) is 35.9 Å². The van der Waals surface area contributed by atoms with Crippen molar-refractivity contribution in [3.05, 3.63) is 83.8 Å². The molecule has 7 nitrogen and oxygen atoms in total. The van der Waals surface area contributed by atoms with Crippen molar-refractivity contribution in [3.8, 4) is 0 Å². The maximum absolute atomic E-state index is 12.7. The van der Waals surface area contributed by atoms with Gasteiger partial charge in [-0.2, -0.15) is 0 Å². The number of nitrogens with zero attached hydrogens (tertiary/aromatic N) is 1. The van der Waals surface area contributed by atoms with Crippen LogP contribution < -0.4 is 5.32 Å². The Morgan fingerprint density at radius 3 is 2.33 bits per heavy atom. The maximum atomic E-state index is 12.7. The molecule has 156 valence electrons. The van der Waals surface area contributed by atoms with E-state index < -0.39 is 15.7 Å². The van der Waals surface area contributed by atoms with Gasteiger partial charge in [0.2, 0.25) is 5.91 Å². The molecule has 1 heterocycles. The monoisotopic (exact) mass is 426 g/mol. The average Bonchev–Trinajstić information content (AvgIpc) is 3.17. The van der Waals surface area contributed by atoms with E-state index in [-0.39, 0.29) is 34.4 Å². The highest BCUT2D eigenvalue weighted by atomic mass is 32.2. The molecule has 8 heteroatoms. The van der Waals surface area contributed by atoms with Crippen molar-refractivity contribution in [2.24, 2.45) is 0 Å². The molecule has 0 radical (unpaired) electrons. The fourth-order valence-electron chi connectivity index (χ4n) is 2.85. The summed E-state index contributed by atoms with van der Waals surface area (Å²) in [6.07, 6.45) is 1.27. The summed E-state index contributed by atoms with van der Waals surface area (Å²) < 4.78 is 30.5. The minimum Gasteiger partial charge on any atom is -0.459 e. The van der Waals surface area contributed by atoms with E-state index in [9.17, 15) is 18.0 Å². The van der Waals surface area contributed by atoms with Crippen LogP contribution in [0.15, 0.2) is 76.2 Å². The summed E-state index contributed by atoms with van der Waals surface area (Å²) in [6, 6.07) is 16.7. The zero-order valence-electron chi connectivity index (χ0n) is 16.7. The lowest BCUT2D eigenvalue weighted by Crippen LogP contribution is -2.35. The molecule has 0 aliphatic carbocycles. The third kappa shape index (κ3) is 5.15. The summed E-state index contributed by atoms with van der Waals surface area (Å²) in [7, 11) is -2.19. The highest BCUT2D eigenvalue weighted by Gasteiger charge is 2.25. The number of benzene rings is 2. The molecule has 0 saturated heterocycles. The fraction of sp³-hybridized carbons (Fsp3) is 0.182. The van der Waals surface area contributed by atoms with Crippen LogP contribution in [0, 0.1) is 6.92 Å². The second kappa shape index (κ2) is 8.96. The van der Waals surface area contributed by atoms with Gasteiger partial charge in [0, 0.05) is 18.3 Å². The third-order valence-corrected chi connectivity index (χ3v) is 6.13. The van der Waals surface area contributed by atoms with Crippen LogP contribution in [0.25, 0.3) is 0 Å². The number of hydrogen-bond donors (Lipinski definition) is 1. The molecule has 0 fully saturated rings. The van der Waals surface area contributed by atoms with E-state index in [0.29, 0.717) is 5.69 Å². The predicted molar refractivity (Wildman–Crippen MR) is 113 cm³/mol. The average molecular weight is 426 g/mol. The molecule has 0 unspecified atom stereocenters. The molecule has 0 spiro atoms. The van der Waals surface area contributed by atoms with Gasteiger partial charge in [0.25, 0.3) is 5.91 Å². The lowest BCUT2D eigenvalue weighted by Gasteiger charge is -2.16. The summed E-state index contributed by atoms with van der Waals surface area (Å²) in [4.78, 5) is 26.3. The Hall–Kier alpha value is -3.39. The number of sulfone groups is 1. The Kier molecular flexibility index (Phi) is 6.37. The number of carbonyl (C=O) groups is 2. The minimum absolute atomic E-state index is 0.0971. The van der Waals surface area contributed by atoms with Crippen LogP contribution in [0.2, 0.25) is 0 Å². The van der Waals surface area contributed by atoms with Crippen LogP contribution in [0.1, 0.15) is 21.7 Å². The van der Waals surface area contributed by atoms with E-state index in [2.05, 4.69) is 5.32 Å². The molecule has 2 amide bonds. The number of furan rings is 1. The van der Waals surface area contributed by atoms with Crippen LogP contribution in [0.4, 0.5) is 5.69 Å². The SMILES string of the molecule is Cc1ccc(NC(=O)CN(C)C(=O)c2occc2CS(=O)(=O)c2ccccc2)cc1. The van der Waals surface area contributed by atoms with Crippen LogP contribution in [0.5, 0.6) is 0 Å². The van der Waals surface area contributed by atoms with E-state index in [4.69, 9.17) is 4.42 Å². The summed E-state index contributed by atoms with van der Waals surface area (Å²) in [5.74, 6) is -1.42. The van der Waals surface area contributed by atoms with Crippen molar-refractivity contribution < 1.29 is 22.4 Å². The highest BCUT2D eigenvalue weighted by molar-refractivity contribution is 7.90. The number of likely N-dealkylation sites (N-methyl/N-ethyl adjacent to an activating group) is 1. The Labute approximate surface area is 175 Å². The molecule has 1 N–H and O–H groups in total. The van der Waals surface area contributed by atoms with E-state index in [1.54, 1.807) is 30.3 Å². The van der Waals surface area contributed by atoms with Gasteiger partial charge in [-0.15, -0.1) is 0 Å². The highest BCUT2D eigenvalue weighted by Crippen LogP contribution is 2.21. The van der Waals surface area contributed by atoms with Gasteiger partial charge in [-0.3, -0.25) is 9.59 Å². The van der Waals surface area contributed by atoms with Crippen molar-refractivity contribution in [2.45, 2.75) is 17.6 Å². The lowest BCUT2D eigenvalue weighted by atomic mass is 10.2. The van der Waals surface area contributed by atoms with Gasteiger partial charge in [0.15, 0.2) is 15.6 Å². The second-order valence-electron chi connectivity index (χ2n) is 6.92. The van der Waals surface area contributed by atoms with Crippen molar-refractivity contribution in [2.75, 3.05) is 18.9 Å². The third-order valence-electron chi connectivity index (χ3n) is 4.45. The van der Waals surface area contributed by atoms with Crippen LogP contribution in [-0.2, 0) is 20.4 Å². The van der Waals surface area contributed by atoms with Crippen molar-refractivity contribution >= 4 is 27.3 Å². The number of rotatable bonds is 7. The molecule has 0 atom stereocenters. The molecule has 1 aromatic heterocycles. The molecule has 2 aromatic carbocycles. The predicted octanol–water partition coefficient (Wildman–Crippen LogP) is 3.27. The standard InChI is InChI=1S/C22H22N2O5S/c1-16-8-10-18(11-9-16)23-20(25)14-24(2)22(26)21-17(12-13-29-21)15-30(27,28)19-6-4-3-5-7-19/h3-13H,14-15H2,1-2H3,(H,23,25). The Bertz CT molecular complexity index is 1140. The Morgan fingerprint density at radius 2 is 1.67 bits per heavy atom. The number of hydrogen-bond acceptors (Lipinski definition) is 5. The van der Waals surface area contributed by atoms with Crippen LogP contribution in [-0.4, -0.2) is 38.7 Å². The summed E-state index contributed by atoms with van der Waals surface area (Å²) in [6.45, 7) is 1.73. The van der Waals surface area contributed by atoms with Gasteiger partial charge >= 0.3 is 0 Å². The molecule has 0 bridgehead atoms. The Morgan fingerprint density at radius 1 is 1.00 bits per heavy atom. The second-order valence-corrected chi connectivity index (χ2v) is 8.91. The maximum Gasteiger partial charge on any atom is 0.290 e. The van der Waals surface area contributed by atoms with Gasteiger partial charge in [0.1, 0.15) is 0 Å². The van der Waals surface area contributed by atoms with E-state index in [0.717, 1.165) is 5.56 Å². The summed E-state index contributed by atoms with van der Waals surface area (Å²) >= 11 is 0. The number of nitrogens with one attached hydrogen (secondary N) is 1. The van der Waals surface area contributed by atoms with E-state index in [1.807, 2.05) is 19.1 Å². The first-order valence-electron chi connectivity index (χ1n) is 9.22. The molecule has 0 saturated carbocycles. The quantitative estimate of drug-likeness (QED) is 0.625. The first-order valence-corrected chi connectivity index (χ1v) is 10.9. The zero-order chi connectivity index (χ0) is 21.7. The topological polar surface area (TPSA) is 96.7 Å². The van der Waals surface area contributed by atoms with Crippen molar-refractivity contribution in [3.63, 3.8) is 0 Å². The molecule has 0 aliphatic rings. The minimum atomic E-state index is -3.64. The molecule has 30 heavy (non-hydrogen) atoms. The molecule has 0 aliphatic heterocycles. The van der Waals surface area contributed by atoms with Crippen molar-refractivity contribution in [1.82, 2.24) is 4.90 Å². The first-order chi connectivity index (χ1) is 14.3. The first kappa shape index (κ1) is 21.3. The van der Waals surface area contributed by atoms with Crippen LogP contribution in [0.3, 0.4) is 0 Å². The van der Waals surface area contributed by atoms with Crippen molar-refractivity contribution in [1.29, 1.82) is 0 Å². The number of amides is 2.